The maximum Gasteiger partial charge on any atom is 0.0104 e. The SMILES string of the molecule is CNCCN(C)CCN. The molecule has 0 saturated carbocycles. The summed E-state index contributed by atoms with van der Waals surface area (Å²) in [7, 11) is 4.03. The summed E-state index contributed by atoms with van der Waals surface area (Å²) in [4.78, 5) is 2.20. The summed E-state index contributed by atoms with van der Waals surface area (Å²) in [6, 6.07) is 0. The highest BCUT2D eigenvalue weighted by Crippen LogP contribution is 1.75. The van der Waals surface area contributed by atoms with E-state index in [1.54, 1.807) is 0 Å². The molecule has 0 bridgehead atoms. The molecule has 56 valence electrons. The summed E-state index contributed by atoms with van der Waals surface area (Å²) < 4.78 is 0. The van der Waals surface area contributed by atoms with Crippen molar-refractivity contribution in [3.05, 3.63) is 0 Å². The Hall–Kier alpha value is -0.120. The highest BCUT2D eigenvalue weighted by molar-refractivity contribution is 4.51. The minimum absolute atomic E-state index is 0.750. The van der Waals surface area contributed by atoms with E-state index in [2.05, 4.69) is 17.3 Å². The van der Waals surface area contributed by atoms with Gasteiger partial charge in [0, 0.05) is 26.2 Å². The number of nitrogens with zero attached hydrogens (tertiary/aromatic N) is 1. The van der Waals surface area contributed by atoms with Gasteiger partial charge in [0.15, 0.2) is 0 Å². The van der Waals surface area contributed by atoms with Crippen LogP contribution >= 0.6 is 0 Å². The van der Waals surface area contributed by atoms with Crippen molar-refractivity contribution in [1.82, 2.24) is 10.2 Å². The van der Waals surface area contributed by atoms with Gasteiger partial charge in [0.1, 0.15) is 0 Å². The van der Waals surface area contributed by atoms with Gasteiger partial charge in [-0.05, 0) is 14.1 Å². The van der Waals surface area contributed by atoms with Crippen molar-refractivity contribution in [1.29, 1.82) is 0 Å². The van der Waals surface area contributed by atoms with Crippen LogP contribution < -0.4 is 11.1 Å². The molecule has 3 N–H and O–H groups in total. The predicted octanol–water partition coefficient (Wildman–Crippen LogP) is -0.904. The second-order valence-electron chi connectivity index (χ2n) is 2.20. The largest absolute Gasteiger partial charge is 0.329 e. The normalized spacial score (nSPS) is 10.7. The Bertz CT molecular complexity index is 56.3. The second kappa shape index (κ2) is 6.01. The van der Waals surface area contributed by atoms with E-state index in [4.69, 9.17) is 5.73 Å². The Morgan fingerprint density at radius 2 is 2.11 bits per heavy atom. The minimum Gasteiger partial charge on any atom is -0.329 e. The lowest BCUT2D eigenvalue weighted by molar-refractivity contribution is 0.344. The van der Waals surface area contributed by atoms with Crippen LogP contribution in [0.4, 0.5) is 0 Å². The lowest BCUT2D eigenvalue weighted by atomic mass is 10.5. The highest BCUT2D eigenvalue weighted by atomic mass is 15.1. The van der Waals surface area contributed by atoms with E-state index in [-0.39, 0.29) is 0 Å². The number of nitrogens with two attached hydrogens (primary N) is 1. The highest BCUT2D eigenvalue weighted by Gasteiger charge is 1.92. The molecule has 0 heterocycles. The van der Waals surface area contributed by atoms with Crippen LogP contribution in [0.1, 0.15) is 0 Å². The molecule has 0 amide bonds. The lowest BCUT2D eigenvalue weighted by Gasteiger charge is -2.13. The van der Waals surface area contributed by atoms with Gasteiger partial charge in [-0.25, -0.2) is 0 Å². The molecule has 0 aliphatic heterocycles. The van der Waals surface area contributed by atoms with Crippen molar-refractivity contribution < 1.29 is 0 Å². The first kappa shape index (κ1) is 8.88. The fourth-order valence-corrected chi connectivity index (χ4v) is 0.635. The van der Waals surface area contributed by atoms with E-state index in [1.807, 2.05) is 7.05 Å². The molecule has 0 aromatic carbocycles. The minimum atomic E-state index is 0.750. The first-order valence-corrected chi connectivity index (χ1v) is 3.34. The summed E-state index contributed by atoms with van der Waals surface area (Å²) in [6.45, 7) is 3.85. The van der Waals surface area contributed by atoms with E-state index in [1.165, 1.54) is 0 Å². The number of hydrogen-bond acceptors (Lipinski definition) is 3. The van der Waals surface area contributed by atoms with E-state index < -0.39 is 0 Å². The third kappa shape index (κ3) is 5.76. The fourth-order valence-electron chi connectivity index (χ4n) is 0.635. The van der Waals surface area contributed by atoms with Gasteiger partial charge in [-0.2, -0.15) is 0 Å². The average Bonchev–Trinajstić information content (AvgIpc) is 1.85. The van der Waals surface area contributed by atoms with Crippen molar-refractivity contribution in [3.63, 3.8) is 0 Å². The van der Waals surface area contributed by atoms with Crippen molar-refractivity contribution in [2.45, 2.75) is 0 Å². The Kier molecular flexibility index (Phi) is 5.93. The molecule has 0 aliphatic carbocycles. The maximum absolute atomic E-state index is 5.34. The molecular weight excluding hydrogens is 114 g/mol. The Labute approximate surface area is 57.2 Å². The molecule has 9 heavy (non-hydrogen) atoms. The molecule has 0 atom stereocenters. The molecule has 0 rings (SSSR count). The standard InChI is InChI=1S/C6H17N3/c1-8-4-6-9(2)5-3-7/h8H,3-7H2,1-2H3. The van der Waals surface area contributed by atoms with E-state index in [0.717, 1.165) is 26.2 Å². The topological polar surface area (TPSA) is 41.3 Å². The molecule has 0 unspecified atom stereocenters. The van der Waals surface area contributed by atoms with Crippen LogP contribution in [0, 0.1) is 0 Å². The lowest BCUT2D eigenvalue weighted by Crippen LogP contribution is -2.31. The van der Waals surface area contributed by atoms with E-state index in [9.17, 15) is 0 Å². The summed E-state index contributed by atoms with van der Waals surface area (Å²) in [5.74, 6) is 0. The van der Waals surface area contributed by atoms with Gasteiger partial charge in [0.2, 0.25) is 0 Å². The van der Waals surface area contributed by atoms with Gasteiger partial charge in [-0.3, -0.25) is 0 Å². The molecule has 0 aromatic heterocycles. The van der Waals surface area contributed by atoms with Crippen molar-refractivity contribution in [2.24, 2.45) is 5.73 Å². The van der Waals surface area contributed by atoms with E-state index in [0.29, 0.717) is 0 Å². The first-order valence-electron chi connectivity index (χ1n) is 3.34. The summed E-state index contributed by atoms with van der Waals surface area (Å²) in [5, 5.41) is 3.07. The van der Waals surface area contributed by atoms with Crippen molar-refractivity contribution in [3.8, 4) is 0 Å². The van der Waals surface area contributed by atoms with Crippen LogP contribution in [0.3, 0.4) is 0 Å². The first-order chi connectivity index (χ1) is 4.31. The van der Waals surface area contributed by atoms with Gasteiger partial charge >= 0.3 is 0 Å². The summed E-state index contributed by atoms with van der Waals surface area (Å²) in [5.41, 5.74) is 5.34. The molecule has 3 heteroatoms. The van der Waals surface area contributed by atoms with Gasteiger partial charge in [0.25, 0.3) is 0 Å². The van der Waals surface area contributed by atoms with Gasteiger partial charge < -0.3 is 16.0 Å². The Morgan fingerprint density at radius 1 is 1.44 bits per heavy atom. The number of rotatable bonds is 5. The van der Waals surface area contributed by atoms with Crippen LogP contribution in [-0.2, 0) is 0 Å². The number of likely N-dealkylation sites (N-methyl/N-ethyl adjacent to an activating group) is 2. The monoisotopic (exact) mass is 131 g/mol. The quantitative estimate of drug-likeness (QED) is 0.508. The third-order valence-corrected chi connectivity index (χ3v) is 1.25. The zero-order valence-electron chi connectivity index (χ0n) is 6.35. The molecule has 0 aromatic rings. The number of hydrogen-bond donors (Lipinski definition) is 2. The smallest absolute Gasteiger partial charge is 0.0104 e. The van der Waals surface area contributed by atoms with Crippen LogP contribution in [0.25, 0.3) is 0 Å². The molecule has 3 nitrogen and oxygen atoms in total. The van der Waals surface area contributed by atoms with Gasteiger partial charge in [-0.1, -0.05) is 0 Å². The summed E-state index contributed by atoms with van der Waals surface area (Å²) >= 11 is 0. The summed E-state index contributed by atoms with van der Waals surface area (Å²) in [6.07, 6.45) is 0. The molecule has 0 aliphatic rings. The van der Waals surface area contributed by atoms with Gasteiger partial charge in [-0.15, -0.1) is 0 Å². The second-order valence-corrected chi connectivity index (χ2v) is 2.20. The van der Waals surface area contributed by atoms with Crippen LogP contribution in [0.5, 0.6) is 0 Å². The Balaban J connectivity index is 2.95. The van der Waals surface area contributed by atoms with Crippen LogP contribution in [-0.4, -0.2) is 45.2 Å². The zero-order chi connectivity index (χ0) is 7.11. The molecule has 0 saturated heterocycles. The van der Waals surface area contributed by atoms with Crippen molar-refractivity contribution in [2.75, 3.05) is 40.3 Å². The third-order valence-electron chi connectivity index (χ3n) is 1.25. The van der Waals surface area contributed by atoms with Crippen molar-refractivity contribution >= 4 is 0 Å². The van der Waals surface area contributed by atoms with E-state index >= 15 is 0 Å². The molecule has 0 spiro atoms. The van der Waals surface area contributed by atoms with Crippen LogP contribution in [0.15, 0.2) is 0 Å². The van der Waals surface area contributed by atoms with Crippen LogP contribution in [0.2, 0.25) is 0 Å². The predicted molar refractivity (Wildman–Crippen MR) is 40.5 cm³/mol. The zero-order valence-corrected chi connectivity index (χ0v) is 6.35. The molecule has 0 fully saturated rings. The molecule has 0 radical (unpaired) electrons. The average molecular weight is 131 g/mol. The van der Waals surface area contributed by atoms with Gasteiger partial charge in [0.05, 0.1) is 0 Å². The molecular formula is C6H17N3. The number of nitrogens with one attached hydrogen (secondary N) is 1. The Morgan fingerprint density at radius 3 is 2.56 bits per heavy atom. The maximum atomic E-state index is 5.34. The fraction of sp³-hybridized carbons (Fsp3) is 1.00.